The largest absolute Gasteiger partial charge is 0.358 e. The lowest BCUT2D eigenvalue weighted by Crippen LogP contribution is -2.42. The average Bonchev–Trinajstić information content (AvgIpc) is 3.37. The smallest absolute Gasteiger partial charge is 0.228 e. The number of aromatic nitrogens is 7. The summed E-state index contributed by atoms with van der Waals surface area (Å²) in [5.74, 6) is 3.35. The Balaban J connectivity index is 1.36. The van der Waals surface area contributed by atoms with Crippen LogP contribution in [-0.4, -0.2) is 41.8 Å². The molecule has 0 unspecified atom stereocenters. The van der Waals surface area contributed by atoms with Crippen LogP contribution in [0, 0.1) is 6.92 Å². The summed E-state index contributed by atoms with van der Waals surface area (Å²) in [6.07, 6.45) is 4.30. The van der Waals surface area contributed by atoms with Crippen molar-refractivity contribution in [1.29, 1.82) is 0 Å². The van der Waals surface area contributed by atoms with E-state index < -0.39 is 0 Å². The molecule has 1 aliphatic heterocycles. The van der Waals surface area contributed by atoms with Crippen LogP contribution in [0.1, 0.15) is 50.4 Å². The fraction of sp³-hybridized carbons (Fsp3) is 0.364. The van der Waals surface area contributed by atoms with Gasteiger partial charge in [0.15, 0.2) is 23.1 Å². The molecule has 0 amide bonds. The highest BCUT2D eigenvalue weighted by atomic mass is 16.5. The van der Waals surface area contributed by atoms with Gasteiger partial charge in [-0.2, -0.15) is 10.1 Å². The second-order valence-electron chi connectivity index (χ2n) is 8.92. The summed E-state index contributed by atoms with van der Waals surface area (Å²) in [5.41, 5.74) is 2.53. The van der Waals surface area contributed by atoms with E-state index in [1.165, 1.54) is 0 Å². The quantitative estimate of drug-likeness (QED) is 0.484. The second-order valence-corrected chi connectivity index (χ2v) is 8.92. The van der Waals surface area contributed by atoms with E-state index in [9.17, 15) is 0 Å². The molecule has 10 heteroatoms. The van der Waals surface area contributed by atoms with Crippen LogP contribution in [0.3, 0.4) is 0 Å². The van der Waals surface area contributed by atoms with Gasteiger partial charge in [0, 0.05) is 53.9 Å². The van der Waals surface area contributed by atoms with Crippen LogP contribution in [-0.2, 0) is 5.41 Å². The van der Waals surface area contributed by atoms with E-state index in [-0.39, 0.29) is 11.5 Å². The normalized spacial score (nSPS) is 16.1. The standard InChI is InChI=1S/C22H25N9O/c1-13-10-18(26-19-12-17(28-29-19)22(2,3)4)27-21(25-13)31-9-6-15(31)16-11-14(30-32-16)20-23-7-5-8-24-20/h5,7-8,10-12,15H,6,9H2,1-4H3,(H2,25,26,27,28,29)/t15-/m0/s1. The van der Waals surface area contributed by atoms with Gasteiger partial charge in [-0.1, -0.05) is 25.9 Å². The van der Waals surface area contributed by atoms with Crippen LogP contribution in [0.2, 0.25) is 0 Å². The van der Waals surface area contributed by atoms with Gasteiger partial charge >= 0.3 is 0 Å². The number of H-pyrrole nitrogens is 1. The van der Waals surface area contributed by atoms with E-state index in [0.29, 0.717) is 23.3 Å². The third-order valence-electron chi connectivity index (χ3n) is 5.41. The van der Waals surface area contributed by atoms with Gasteiger partial charge in [0.2, 0.25) is 5.95 Å². The third kappa shape index (κ3) is 3.91. The third-order valence-corrected chi connectivity index (χ3v) is 5.41. The Labute approximate surface area is 185 Å². The van der Waals surface area contributed by atoms with Crippen molar-refractivity contribution in [2.75, 3.05) is 16.8 Å². The average molecular weight is 432 g/mol. The highest BCUT2D eigenvalue weighted by molar-refractivity contribution is 5.56. The number of aryl methyl sites for hydroxylation is 1. The van der Waals surface area contributed by atoms with Crippen LogP contribution >= 0.6 is 0 Å². The molecular formula is C22H25N9O. The number of hydrogen-bond donors (Lipinski definition) is 2. The number of nitrogens with zero attached hydrogens (tertiary/aromatic N) is 7. The summed E-state index contributed by atoms with van der Waals surface area (Å²) in [5, 5.41) is 14.9. The summed E-state index contributed by atoms with van der Waals surface area (Å²) >= 11 is 0. The van der Waals surface area contributed by atoms with Crippen LogP contribution in [0.25, 0.3) is 11.5 Å². The van der Waals surface area contributed by atoms with E-state index in [0.717, 1.165) is 35.9 Å². The van der Waals surface area contributed by atoms with Crippen molar-refractivity contribution in [3.8, 4) is 11.5 Å². The molecule has 0 spiro atoms. The molecule has 0 aromatic carbocycles. The molecular weight excluding hydrogens is 406 g/mol. The summed E-state index contributed by atoms with van der Waals surface area (Å²) in [6.45, 7) is 9.21. The van der Waals surface area contributed by atoms with Gasteiger partial charge in [-0.3, -0.25) is 5.10 Å². The van der Waals surface area contributed by atoms with Gasteiger partial charge < -0.3 is 14.7 Å². The van der Waals surface area contributed by atoms with Crippen molar-refractivity contribution in [3.63, 3.8) is 0 Å². The molecule has 1 fully saturated rings. The first kappa shape index (κ1) is 20.1. The molecule has 5 heterocycles. The van der Waals surface area contributed by atoms with Gasteiger partial charge in [0.1, 0.15) is 5.82 Å². The molecule has 1 aliphatic rings. The summed E-state index contributed by atoms with van der Waals surface area (Å²) in [7, 11) is 0. The molecule has 10 nitrogen and oxygen atoms in total. The number of aromatic amines is 1. The lowest BCUT2D eigenvalue weighted by Gasteiger charge is -2.39. The monoisotopic (exact) mass is 431 g/mol. The molecule has 2 N–H and O–H groups in total. The Bertz CT molecular complexity index is 1230. The van der Waals surface area contributed by atoms with Crippen LogP contribution in [0.4, 0.5) is 17.6 Å². The predicted molar refractivity (Wildman–Crippen MR) is 120 cm³/mol. The fourth-order valence-electron chi connectivity index (χ4n) is 3.55. The lowest BCUT2D eigenvalue weighted by molar-refractivity contribution is 0.315. The van der Waals surface area contributed by atoms with Crippen molar-refractivity contribution in [1.82, 2.24) is 35.3 Å². The highest BCUT2D eigenvalue weighted by Gasteiger charge is 2.35. The van der Waals surface area contributed by atoms with E-state index in [4.69, 9.17) is 9.51 Å². The molecule has 1 atom stereocenters. The minimum Gasteiger partial charge on any atom is -0.358 e. The first-order valence-electron chi connectivity index (χ1n) is 10.6. The summed E-state index contributed by atoms with van der Waals surface area (Å²) in [6, 6.07) is 7.59. The molecule has 0 radical (unpaired) electrons. The molecule has 4 aromatic heterocycles. The minimum absolute atomic E-state index is 0.00868. The molecule has 32 heavy (non-hydrogen) atoms. The SMILES string of the molecule is Cc1cc(Nc2cc(C(C)(C)C)[nH]n2)nc(N2CC[C@H]2c2cc(-c3ncccn3)no2)n1. The van der Waals surface area contributed by atoms with Gasteiger partial charge in [-0.25, -0.2) is 15.0 Å². The number of rotatable bonds is 5. The van der Waals surface area contributed by atoms with E-state index in [2.05, 4.69) is 61.3 Å². The van der Waals surface area contributed by atoms with Crippen molar-refractivity contribution in [2.45, 2.75) is 45.6 Å². The first-order valence-corrected chi connectivity index (χ1v) is 10.6. The molecule has 0 bridgehead atoms. The van der Waals surface area contributed by atoms with E-state index >= 15 is 0 Å². The fourth-order valence-corrected chi connectivity index (χ4v) is 3.55. The lowest BCUT2D eigenvalue weighted by atomic mass is 9.92. The van der Waals surface area contributed by atoms with Crippen molar-refractivity contribution in [2.24, 2.45) is 0 Å². The Morgan fingerprint density at radius 2 is 1.91 bits per heavy atom. The molecule has 5 rings (SSSR count). The van der Waals surface area contributed by atoms with E-state index in [1.807, 2.05) is 25.1 Å². The van der Waals surface area contributed by atoms with Gasteiger partial charge in [-0.05, 0) is 19.4 Å². The molecule has 0 aliphatic carbocycles. The topological polar surface area (TPSA) is 122 Å². The molecule has 1 saturated heterocycles. The Morgan fingerprint density at radius 3 is 2.59 bits per heavy atom. The van der Waals surface area contributed by atoms with Crippen molar-refractivity contribution < 1.29 is 4.52 Å². The van der Waals surface area contributed by atoms with Gasteiger partial charge in [0.25, 0.3) is 0 Å². The Kier molecular flexibility index (Phi) is 4.84. The van der Waals surface area contributed by atoms with Crippen molar-refractivity contribution in [3.05, 3.63) is 53.8 Å². The van der Waals surface area contributed by atoms with Crippen molar-refractivity contribution >= 4 is 17.6 Å². The number of nitrogens with one attached hydrogen (secondary N) is 2. The Morgan fingerprint density at radius 1 is 1.09 bits per heavy atom. The number of anilines is 3. The van der Waals surface area contributed by atoms with Crippen LogP contribution in [0.15, 0.2) is 41.2 Å². The zero-order valence-corrected chi connectivity index (χ0v) is 18.5. The summed E-state index contributed by atoms with van der Waals surface area (Å²) in [4.78, 5) is 19.9. The maximum absolute atomic E-state index is 5.61. The Hall–Kier alpha value is -3.82. The predicted octanol–water partition coefficient (Wildman–Crippen LogP) is 3.95. The second kappa shape index (κ2) is 7.70. The van der Waals surface area contributed by atoms with Gasteiger partial charge in [-0.15, -0.1) is 0 Å². The summed E-state index contributed by atoms with van der Waals surface area (Å²) < 4.78 is 5.61. The number of hydrogen-bond acceptors (Lipinski definition) is 9. The van der Waals surface area contributed by atoms with Crippen LogP contribution in [0.5, 0.6) is 0 Å². The van der Waals surface area contributed by atoms with E-state index in [1.54, 1.807) is 18.5 Å². The molecule has 164 valence electrons. The zero-order valence-electron chi connectivity index (χ0n) is 18.5. The zero-order chi connectivity index (χ0) is 22.3. The highest BCUT2D eigenvalue weighted by Crippen LogP contribution is 2.37. The molecule has 0 saturated carbocycles. The minimum atomic E-state index is -0.00868. The van der Waals surface area contributed by atoms with Gasteiger partial charge in [0.05, 0.1) is 6.04 Å². The maximum atomic E-state index is 5.61. The first-order chi connectivity index (χ1) is 15.4. The molecule has 4 aromatic rings. The maximum Gasteiger partial charge on any atom is 0.228 e. The van der Waals surface area contributed by atoms with Crippen LogP contribution < -0.4 is 10.2 Å².